The van der Waals surface area contributed by atoms with Crippen LogP contribution < -0.4 is 10.6 Å². The molecule has 166 valence electrons. The molecule has 2 amide bonds. The molecule has 2 aromatic carbocycles. The van der Waals surface area contributed by atoms with Crippen LogP contribution in [0.1, 0.15) is 54.8 Å². The van der Waals surface area contributed by atoms with Crippen molar-refractivity contribution in [2.75, 3.05) is 16.8 Å². The number of carbonyl (C=O) groups is 1. The lowest BCUT2D eigenvalue weighted by atomic mass is 10.0. The molecular weight excluding hydrogens is 424 g/mol. The Balaban J connectivity index is 1.17. The molecule has 1 aliphatic heterocycles. The van der Waals surface area contributed by atoms with Gasteiger partial charge >= 0.3 is 6.03 Å². The Kier molecular flexibility index (Phi) is 4.54. The zero-order chi connectivity index (χ0) is 21.9. The van der Waals surface area contributed by atoms with Gasteiger partial charge in [-0.25, -0.2) is 17.9 Å². The highest BCUT2D eigenvalue weighted by Gasteiger charge is 2.41. The van der Waals surface area contributed by atoms with Crippen LogP contribution in [0.5, 0.6) is 0 Å². The maximum Gasteiger partial charge on any atom is 0.320 e. The van der Waals surface area contributed by atoms with Gasteiger partial charge in [-0.1, -0.05) is 42.5 Å². The second-order valence-corrected chi connectivity index (χ2v) is 11.6. The number of hydrogen-bond acceptors (Lipinski definition) is 4. The fraction of sp³-hybridized carbons (Fsp3) is 0.417. The highest BCUT2D eigenvalue weighted by Crippen LogP contribution is 2.44. The number of hydrogen-bond donors (Lipinski definition) is 2. The van der Waals surface area contributed by atoms with Gasteiger partial charge in [0.1, 0.15) is 5.82 Å². The normalized spacial score (nSPS) is 26.2. The smallest absolute Gasteiger partial charge is 0.320 e. The number of aromatic nitrogens is 2. The van der Waals surface area contributed by atoms with Crippen molar-refractivity contribution < 1.29 is 13.2 Å². The van der Waals surface area contributed by atoms with E-state index in [-0.39, 0.29) is 29.6 Å². The number of urea groups is 1. The summed E-state index contributed by atoms with van der Waals surface area (Å²) >= 11 is 0. The molecule has 3 aliphatic rings. The second-order valence-electron chi connectivity index (χ2n) is 9.35. The number of sulfone groups is 1. The van der Waals surface area contributed by atoms with E-state index in [0.717, 1.165) is 25.0 Å². The van der Waals surface area contributed by atoms with Gasteiger partial charge in [0.15, 0.2) is 9.84 Å². The summed E-state index contributed by atoms with van der Waals surface area (Å²) in [5.74, 6) is 1.59. The van der Waals surface area contributed by atoms with Crippen molar-refractivity contribution in [2.24, 2.45) is 0 Å². The summed E-state index contributed by atoms with van der Waals surface area (Å²) in [4.78, 5) is 12.8. The summed E-state index contributed by atoms with van der Waals surface area (Å²) in [5.41, 5.74) is 2.22. The summed E-state index contributed by atoms with van der Waals surface area (Å²) in [6, 6.07) is 16.2. The lowest BCUT2D eigenvalue weighted by Gasteiger charge is -2.14. The Morgan fingerprint density at radius 1 is 1.06 bits per heavy atom. The molecular formula is C24H26N4O3S. The van der Waals surface area contributed by atoms with Gasteiger partial charge in [-0.15, -0.1) is 0 Å². The van der Waals surface area contributed by atoms with Crippen LogP contribution in [0.25, 0.3) is 10.8 Å². The van der Waals surface area contributed by atoms with Crippen molar-refractivity contribution in [1.82, 2.24) is 15.1 Å². The van der Waals surface area contributed by atoms with E-state index in [9.17, 15) is 13.2 Å². The molecule has 2 heterocycles. The molecule has 6 rings (SSSR count). The van der Waals surface area contributed by atoms with Crippen molar-refractivity contribution in [1.29, 1.82) is 0 Å². The molecule has 1 saturated heterocycles. The summed E-state index contributed by atoms with van der Waals surface area (Å²) < 4.78 is 25.7. The standard InChI is InChI=1S/C24H26N4O3S/c29-24(25-22-12-20(22)19-7-3-5-15-4-1-2-6-18(15)19)26-23-13-21(16-8-9-16)27-28(23)17-10-11-32(30,31)14-17/h1-7,13,16-17,20,22H,8-12,14H2,(H2,25,26,29)/t17?,20-,22+/m0/s1. The van der Waals surface area contributed by atoms with Crippen LogP contribution in [0.4, 0.5) is 10.6 Å². The van der Waals surface area contributed by atoms with Gasteiger partial charge in [-0.05, 0) is 42.0 Å². The lowest BCUT2D eigenvalue weighted by Crippen LogP contribution is -2.32. The van der Waals surface area contributed by atoms with Gasteiger partial charge < -0.3 is 5.32 Å². The molecule has 7 nitrogen and oxygen atoms in total. The Labute approximate surface area is 187 Å². The first kappa shape index (κ1) is 19.8. The molecule has 32 heavy (non-hydrogen) atoms. The van der Waals surface area contributed by atoms with E-state index in [1.165, 1.54) is 16.3 Å². The zero-order valence-electron chi connectivity index (χ0n) is 17.7. The minimum Gasteiger partial charge on any atom is -0.334 e. The summed E-state index contributed by atoms with van der Waals surface area (Å²) in [6.45, 7) is 0. The van der Waals surface area contributed by atoms with Gasteiger partial charge in [-0.3, -0.25) is 5.32 Å². The lowest BCUT2D eigenvalue weighted by molar-refractivity contribution is 0.251. The fourth-order valence-corrected chi connectivity index (χ4v) is 6.62. The summed E-state index contributed by atoms with van der Waals surface area (Å²) in [7, 11) is -3.04. The Hall–Kier alpha value is -2.87. The highest BCUT2D eigenvalue weighted by atomic mass is 32.2. The number of benzene rings is 2. The largest absolute Gasteiger partial charge is 0.334 e. The number of nitrogens with one attached hydrogen (secondary N) is 2. The van der Waals surface area contributed by atoms with E-state index in [1.54, 1.807) is 4.68 Å². The molecule has 1 unspecified atom stereocenters. The number of rotatable bonds is 5. The van der Waals surface area contributed by atoms with Crippen LogP contribution in [0, 0.1) is 0 Å². The number of carbonyl (C=O) groups excluding carboxylic acids is 1. The highest BCUT2D eigenvalue weighted by molar-refractivity contribution is 7.91. The molecule has 3 fully saturated rings. The van der Waals surface area contributed by atoms with Gasteiger partial charge in [0.2, 0.25) is 0 Å². The van der Waals surface area contributed by atoms with Crippen LogP contribution in [0.3, 0.4) is 0 Å². The van der Waals surface area contributed by atoms with Crippen molar-refractivity contribution >= 4 is 32.5 Å². The monoisotopic (exact) mass is 450 g/mol. The number of fused-ring (bicyclic) bond motifs is 1. The fourth-order valence-electron chi connectivity index (χ4n) is 4.92. The van der Waals surface area contributed by atoms with Gasteiger partial charge in [0.25, 0.3) is 0 Å². The van der Waals surface area contributed by atoms with E-state index in [1.807, 2.05) is 18.2 Å². The quantitative estimate of drug-likeness (QED) is 0.616. The average Bonchev–Trinajstić information content (AvgIpc) is 3.68. The Morgan fingerprint density at radius 3 is 2.66 bits per heavy atom. The van der Waals surface area contributed by atoms with Crippen LogP contribution in [0.2, 0.25) is 0 Å². The van der Waals surface area contributed by atoms with Crippen LogP contribution in [0.15, 0.2) is 48.5 Å². The average molecular weight is 451 g/mol. The van der Waals surface area contributed by atoms with Gasteiger partial charge in [0, 0.05) is 23.9 Å². The number of amides is 2. The second kappa shape index (κ2) is 7.33. The summed E-state index contributed by atoms with van der Waals surface area (Å²) in [5, 5.41) is 13.2. The van der Waals surface area contributed by atoms with E-state index in [0.29, 0.717) is 24.1 Å². The molecule has 0 radical (unpaired) electrons. The van der Waals surface area contributed by atoms with Crippen molar-refractivity contribution in [2.45, 2.75) is 49.6 Å². The van der Waals surface area contributed by atoms with E-state index < -0.39 is 9.84 Å². The Bertz CT molecular complexity index is 1310. The molecule has 0 bridgehead atoms. The first-order valence-electron chi connectivity index (χ1n) is 11.3. The maximum atomic E-state index is 12.8. The molecule has 3 atom stereocenters. The van der Waals surface area contributed by atoms with Crippen molar-refractivity contribution in [3.8, 4) is 0 Å². The van der Waals surface area contributed by atoms with Crippen LogP contribution in [-0.2, 0) is 9.84 Å². The molecule has 2 aliphatic carbocycles. The van der Waals surface area contributed by atoms with Crippen LogP contribution >= 0.6 is 0 Å². The third-order valence-electron chi connectivity index (χ3n) is 6.88. The van der Waals surface area contributed by atoms with Gasteiger partial charge in [0.05, 0.1) is 23.2 Å². The molecule has 2 saturated carbocycles. The van der Waals surface area contributed by atoms with Crippen LogP contribution in [-0.4, -0.2) is 41.8 Å². The van der Waals surface area contributed by atoms with E-state index in [4.69, 9.17) is 0 Å². The Morgan fingerprint density at radius 2 is 1.88 bits per heavy atom. The maximum absolute atomic E-state index is 12.8. The topological polar surface area (TPSA) is 93.1 Å². The third-order valence-corrected chi connectivity index (χ3v) is 8.63. The minimum absolute atomic E-state index is 0.0842. The molecule has 0 spiro atoms. The van der Waals surface area contributed by atoms with Crippen molar-refractivity contribution in [3.63, 3.8) is 0 Å². The molecule has 1 aromatic heterocycles. The SMILES string of the molecule is O=C(Nc1cc(C2CC2)nn1C1CCS(=O)(=O)C1)N[C@@H]1C[C@H]1c1cccc2ccccc12. The van der Waals surface area contributed by atoms with Gasteiger partial charge in [-0.2, -0.15) is 5.10 Å². The third kappa shape index (κ3) is 3.77. The zero-order valence-corrected chi connectivity index (χ0v) is 18.5. The summed E-state index contributed by atoms with van der Waals surface area (Å²) in [6.07, 6.45) is 3.64. The predicted molar refractivity (Wildman–Crippen MR) is 124 cm³/mol. The van der Waals surface area contributed by atoms with E-state index >= 15 is 0 Å². The van der Waals surface area contributed by atoms with Crippen molar-refractivity contribution in [3.05, 3.63) is 59.8 Å². The predicted octanol–water partition coefficient (Wildman–Crippen LogP) is 3.95. The number of nitrogens with zero attached hydrogens (tertiary/aromatic N) is 2. The van der Waals surface area contributed by atoms with E-state index in [2.05, 4.69) is 46.1 Å². The molecule has 8 heteroatoms. The molecule has 2 N–H and O–H groups in total. The first-order valence-corrected chi connectivity index (χ1v) is 13.1. The molecule has 3 aromatic rings. The number of anilines is 1. The first-order chi connectivity index (χ1) is 15.5. The minimum atomic E-state index is -3.04.